The molecule has 0 aliphatic heterocycles. The van der Waals surface area contributed by atoms with Crippen molar-refractivity contribution in [1.29, 1.82) is 0 Å². The fourth-order valence-electron chi connectivity index (χ4n) is 2.47. The highest BCUT2D eigenvalue weighted by atomic mass is 32.1. The van der Waals surface area contributed by atoms with E-state index in [1.165, 1.54) is 4.88 Å². The van der Waals surface area contributed by atoms with Crippen LogP contribution in [0.3, 0.4) is 0 Å². The van der Waals surface area contributed by atoms with Crippen molar-refractivity contribution >= 4 is 23.0 Å². The van der Waals surface area contributed by atoms with E-state index in [1.54, 1.807) is 47.7 Å². The second-order valence-electron chi connectivity index (χ2n) is 5.33. The highest BCUT2D eigenvalue weighted by molar-refractivity contribution is 7.09. The van der Waals surface area contributed by atoms with E-state index in [9.17, 15) is 9.59 Å². The van der Waals surface area contributed by atoms with E-state index in [-0.39, 0.29) is 11.7 Å². The number of thiophene rings is 1. The summed E-state index contributed by atoms with van der Waals surface area (Å²) in [5, 5.41) is 4.92. The standard InChI is InChI=1S/C20H17NO2S/c22-19(15-7-2-1-3-8-15)17-10-4-5-11-18(17)20(23)21-13-12-16-9-6-14-24-16/h1-11,14H,12-13H2,(H,21,23). The first-order chi connectivity index (χ1) is 11.8. The summed E-state index contributed by atoms with van der Waals surface area (Å²) in [4.78, 5) is 26.3. The minimum atomic E-state index is -0.216. The van der Waals surface area contributed by atoms with E-state index in [0.29, 0.717) is 23.2 Å². The molecule has 24 heavy (non-hydrogen) atoms. The van der Waals surface area contributed by atoms with Crippen LogP contribution in [0.1, 0.15) is 31.2 Å². The van der Waals surface area contributed by atoms with Gasteiger partial charge in [-0.25, -0.2) is 0 Å². The fraction of sp³-hybridized carbons (Fsp3) is 0.100. The summed E-state index contributed by atoms with van der Waals surface area (Å²) in [5.74, 6) is -0.356. The summed E-state index contributed by atoms with van der Waals surface area (Å²) in [6.45, 7) is 0.549. The zero-order valence-electron chi connectivity index (χ0n) is 13.1. The fourth-order valence-corrected chi connectivity index (χ4v) is 3.18. The Bertz CT molecular complexity index is 826. The van der Waals surface area contributed by atoms with Gasteiger partial charge in [-0.2, -0.15) is 0 Å². The molecular weight excluding hydrogens is 318 g/mol. The van der Waals surface area contributed by atoms with Crippen molar-refractivity contribution in [2.75, 3.05) is 6.54 Å². The quantitative estimate of drug-likeness (QED) is 0.693. The van der Waals surface area contributed by atoms with Gasteiger partial charge in [0.1, 0.15) is 0 Å². The molecule has 0 saturated heterocycles. The Morgan fingerprint density at radius 2 is 1.54 bits per heavy atom. The predicted molar refractivity (Wildman–Crippen MR) is 96.7 cm³/mol. The second kappa shape index (κ2) is 7.70. The third-order valence-corrected chi connectivity index (χ3v) is 4.63. The zero-order chi connectivity index (χ0) is 16.8. The maximum Gasteiger partial charge on any atom is 0.252 e. The van der Waals surface area contributed by atoms with E-state index >= 15 is 0 Å². The molecule has 0 fully saturated rings. The Morgan fingerprint density at radius 3 is 2.25 bits per heavy atom. The predicted octanol–water partition coefficient (Wildman–Crippen LogP) is 3.95. The number of carbonyl (C=O) groups is 2. The summed E-state index contributed by atoms with van der Waals surface area (Å²) in [6.07, 6.45) is 0.790. The van der Waals surface area contributed by atoms with Crippen LogP contribution >= 0.6 is 11.3 Å². The lowest BCUT2D eigenvalue weighted by Gasteiger charge is -2.09. The zero-order valence-corrected chi connectivity index (χ0v) is 13.9. The Balaban J connectivity index is 1.73. The van der Waals surface area contributed by atoms with Crippen LogP contribution in [0.4, 0.5) is 0 Å². The molecule has 0 aliphatic rings. The summed E-state index contributed by atoms with van der Waals surface area (Å²) in [6, 6.07) is 20.0. The summed E-state index contributed by atoms with van der Waals surface area (Å²) in [7, 11) is 0. The highest BCUT2D eigenvalue weighted by Gasteiger charge is 2.17. The van der Waals surface area contributed by atoms with Crippen molar-refractivity contribution in [1.82, 2.24) is 5.32 Å². The molecule has 1 aromatic heterocycles. The average Bonchev–Trinajstić information content (AvgIpc) is 3.15. The van der Waals surface area contributed by atoms with Gasteiger partial charge >= 0.3 is 0 Å². The summed E-state index contributed by atoms with van der Waals surface area (Å²) in [5.41, 5.74) is 1.42. The van der Waals surface area contributed by atoms with E-state index in [4.69, 9.17) is 0 Å². The van der Waals surface area contributed by atoms with Crippen LogP contribution < -0.4 is 5.32 Å². The molecule has 0 aliphatic carbocycles. The number of ketones is 1. The van der Waals surface area contributed by atoms with E-state index in [2.05, 4.69) is 5.32 Å². The molecule has 0 atom stereocenters. The van der Waals surface area contributed by atoms with Gasteiger partial charge in [0.2, 0.25) is 0 Å². The molecule has 0 saturated carbocycles. The third kappa shape index (κ3) is 3.78. The molecule has 1 N–H and O–H groups in total. The van der Waals surface area contributed by atoms with Gasteiger partial charge in [0.05, 0.1) is 5.56 Å². The lowest BCUT2D eigenvalue weighted by molar-refractivity contribution is 0.0942. The molecule has 1 heterocycles. The van der Waals surface area contributed by atoms with Crippen molar-refractivity contribution in [2.45, 2.75) is 6.42 Å². The Hall–Kier alpha value is -2.72. The molecular formula is C20H17NO2S. The topological polar surface area (TPSA) is 46.2 Å². The van der Waals surface area contributed by atoms with E-state index in [0.717, 1.165) is 6.42 Å². The lowest BCUT2D eigenvalue weighted by atomic mass is 9.98. The van der Waals surface area contributed by atoms with Crippen LogP contribution in [-0.4, -0.2) is 18.2 Å². The summed E-state index contributed by atoms with van der Waals surface area (Å²) >= 11 is 1.67. The number of hydrogen-bond donors (Lipinski definition) is 1. The van der Waals surface area contributed by atoms with Crippen LogP contribution in [0.2, 0.25) is 0 Å². The second-order valence-corrected chi connectivity index (χ2v) is 6.36. The molecule has 0 unspecified atom stereocenters. The van der Waals surface area contributed by atoms with Crippen molar-refractivity contribution in [3.63, 3.8) is 0 Å². The van der Waals surface area contributed by atoms with Crippen molar-refractivity contribution in [2.24, 2.45) is 0 Å². The minimum Gasteiger partial charge on any atom is -0.352 e. The van der Waals surface area contributed by atoms with Gasteiger partial charge in [-0.1, -0.05) is 54.6 Å². The number of nitrogens with one attached hydrogen (secondary N) is 1. The van der Waals surface area contributed by atoms with E-state index < -0.39 is 0 Å². The number of benzene rings is 2. The molecule has 120 valence electrons. The van der Waals surface area contributed by atoms with Gasteiger partial charge in [-0.05, 0) is 23.9 Å². The minimum absolute atomic E-state index is 0.139. The van der Waals surface area contributed by atoms with Gasteiger partial charge in [-0.3, -0.25) is 9.59 Å². The van der Waals surface area contributed by atoms with Crippen LogP contribution in [0.15, 0.2) is 72.1 Å². The lowest BCUT2D eigenvalue weighted by Crippen LogP contribution is -2.27. The van der Waals surface area contributed by atoms with Gasteiger partial charge in [-0.15, -0.1) is 11.3 Å². The highest BCUT2D eigenvalue weighted by Crippen LogP contribution is 2.15. The molecule has 3 nitrogen and oxygen atoms in total. The third-order valence-electron chi connectivity index (χ3n) is 3.69. The molecule has 0 bridgehead atoms. The molecule has 3 rings (SSSR count). The van der Waals surface area contributed by atoms with Crippen molar-refractivity contribution in [3.8, 4) is 0 Å². The first kappa shape index (κ1) is 16.1. The molecule has 4 heteroatoms. The van der Waals surface area contributed by atoms with Crippen molar-refractivity contribution < 1.29 is 9.59 Å². The number of amides is 1. The molecule has 2 aromatic carbocycles. The first-order valence-corrected chi connectivity index (χ1v) is 8.63. The van der Waals surface area contributed by atoms with E-state index in [1.807, 2.05) is 35.7 Å². The average molecular weight is 335 g/mol. The Morgan fingerprint density at radius 1 is 0.833 bits per heavy atom. The molecule has 0 spiro atoms. The molecule has 0 radical (unpaired) electrons. The van der Waals surface area contributed by atoms with Gasteiger partial charge in [0.25, 0.3) is 5.91 Å². The normalized spacial score (nSPS) is 10.3. The molecule has 3 aromatic rings. The summed E-state index contributed by atoms with van der Waals surface area (Å²) < 4.78 is 0. The van der Waals surface area contributed by atoms with Crippen molar-refractivity contribution in [3.05, 3.63) is 93.7 Å². The number of carbonyl (C=O) groups excluding carboxylic acids is 2. The SMILES string of the molecule is O=C(NCCc1cccs1)c1ccccc1C(=O)c1ccccc1. The van der Waals surface area contributed by atoms with Gasteiger partial charge < -0.3 is 5.32 Å². The number of hydrogen-bond acceptors (Lipinski definition) is 3. The maximum atomic E-state index is 12.7. The largest absolute Gasteiger partial charge is 0.352 e. The monoisotopic (exact) mass is 335 g/mol. The maximum absolute atomic E-state index is 12.7. The van der Waals surface area contributed by atoms with Gasteiger partial charge in [0, 0.05) is 22.5 Å². The van der Waals surface area contributed by atoms with Crippen LogP contribution in [0.25, 0.3) is 0 Å². The molecule has 1 amide bonds. The van der Waals surface area contributed by atoms with Gasteiger partial charge in [0.15, 0.2) is 5.78 Å². The first-order valence-electron chi connectivity index (χ1n) is 7.75. The smallest absolute Gasteiger partial charge is 0.252 e. The number of rotatable bonds is 6. The Labute approximate surface area is 145 Å². The van der Waals surface area contributed by atoms with Crippen LogP contribution in [0, 0.1) is 0 Å². The Kier molecular flexibility index (Phi) is 5.18. The van der Waals surface area contributed by atoms with Crippen LogP contribution in [0.5, 0.6) is 0 Å². The van der Waals surface area contributed by atoms with Crippen LogP contribution in [-0.2, 0) is 6.42 Å².